The normalized spacial score (nSPS) is 12.7. The molecule has 22 heavy (non-hydrogen) atoms. The molecule has 2 aromatic rings. The van der Waals surface area contributed by atoms with Crippen molar-refractivity contribution in [3.63, 3.8) is 0 Å². The summed E-state index contributed by atoms with van der Waals surface area (Å²) in [4.78, 5) is 0. The first kappa shape index (κ1) is 17.1. The molecule has 0 saturated carbocycles. The minimum absolute atomic E-state index is 0.0434. The Kier molecular flexibility index (Phi) is 4.23. The molecule has 0 aliphatic heterocycles. The minimum atomic E-state index is -4.59. The summed E-state index contributed by atoms with van der Waals surface area (Å²) in [5, 5.41) is 3.31. The van der Waals surface area contributed by atoms with Crippen molar-refractivity contribution in [1.82, 2.24) is 9.78 Å². The molecule has 10 heteroatoms. The van der Waals surface area contributed by atoms with Crippen LogP contribution in [0.1, 0.15) is 5.56 Å². The fourth-order valence-electron chi connectivity index (χ4n) is 1.90. The summed E-state index contributed by atoms with van der Waals surface area (Å²) in [6, 6.07) is 2.64. The Morgan fingerprint density at radius 1 is 1.14 bits per heavy atom. The van der Waals surface area contributed by atoms with E-state index in [0.29, 0.717) is 0 Å². The summed E-state index contributed by atoms with van der Waals surface area (Å²) in [5.74, 6) is 0. The maximum absolute atomic E-state index is 12.7. The van der Waals surface area contributed by atoms with Gasteiger partial charge in [0.15, 0.2) is 14.9 Å². The van der Waals surface area contributed by atoms with Gasteiger partial charge in [-0.15, -0.1) is 0 Å². The summed E-state index contributed by atoms with van der Waals surface area (Å²) in [6.07, 6.45) is -3.60. The van der Waals surface area contributed by atoms with E-state index in [0.717, 1.165) is 23.1 Å². The average Bonchev–Trinajstić information content (AvgIpc) is 2.68. The summed E-state index contributed by atoms with van der Waals surface area (Å²) in [6.45, 7) is 0. The van der Waals surface area contributed by atoms with E-state index in [-0.39, 0.29) is 26.3 Å². The lowest BCUT2D eigenvalue weighted by molar-refractivity contribution is -0.137. The molecular weight excluding hydrogens is 364 g/mol. The van der Waals surface area contributed by atoms with Crippen LogP contribution in [0.4, 0.5) is 13.2 Å². The molecule has 0 atom stereocenters. The van der Waals surface area contributed by atoms with Gasteiger partial charge in [0, 0.05) is 24.9 Å². The third-order valence-electron chi connectivity index (χ3n) is 2.84. The van der Waals surface area contributed by atoms with E-state index in [1.807, 2.05) is 0 Å². The molecule has 0 saturated heterocycles. The van der Waals surface area contributed by atoms with Crippen LogP contribution >= 0.6 is 23.2 Å². The quantitative estimate of drug-likeness (QED) is 0.805. The second-order valence-corrected chi connectivity index (χ2v) is 7.35. The third kappa shape index (κ3) is 3.23. The second kappa shape index (κ2) is 5.43. The van der Waals surface area contributed by atoms with Gasteiger partial charge in [-0.3, -0.25) is 4.68 Å². The first-order valence-corrected chi connectivity index (χ1v) is 8.36. The molecule has 0 aliphatic rings. The van der Waals surface area contributed by atoms with E-state index in [9.17, 15) is 21.6 Å². The lowest BCUT2D eigenvalue weighted by Gasteiger charge is -2.10. The number of hydrogen-bond donors (Lipinski definition) is 0. The van der Waals surface area contributed by atoms with Crippen LogP contribution in [0.25, 0.3) is 11.3 Å². The highest BCUT2D eigenvalue weighted by Gasteiger charge is 2.32. The Hall–Kier alpha value is -1.25. The maximum atomic E-state index is 12.7. The highest BCUT2D eigenvalue weighted by molar-refractivity contribution is 7.90. The van der Waals surface area contributed by atoms with E-state index in [1.165, 1.54) is 13.1 Å². The smallest absolute Gasteiger partial charge is 0.257 e. The minimum Gasteiger partial charge on any atom is -0.257 e. The molecule has 4 nitrogen and oxygen atoms in total. The van der Waals surface area contributed by atoms with Gasteiger partial charge in [0.05, 0.1) is 21.3 Å². The summed E-state index contributed by atoms with van der Waals surface area (Å²) in [5.41, 5.74) is -0.876. The van der Waals surface area contributed by atoms with Crippen molar-refractivity contribution in [2.75, 3.05) is 6.26 Å². The predicted molar refractivity (Wildman–Crippen MR) is 76.8 cm³/mol. The number of halogens is 5. The number of alkyl halides is 3. The van der Waals surface area contributed by atoms with E-state index in [4.69, 9.17) is 23.2 Å². The molecule has 0 spiro atoms. The Bertz CT molecular complexity index is 822. The van der Waals surface area contributed by atoms with Gasteiger partial charge in [-0.05, 0) is 12.1 Å². The molecule has 0 N–H and O–H groups in total. The number of sulfone groups is 1. The van der Waals surface area contributed by atoms with Gasteiger partial charge in [0.2, 0.25) is 0 Å². The summed E-state index contributed by atoms with van der Waals surface area (Å²) < 4.78 is 62.3. The van der Waals surface area contributed by atoms with Crippen molar-refractivity contribution in [3.8, 4) is 11.3 Å². The lowest BCUT2D eigenvalue weighted by Crippen LogP contribution is -2.05. The van der Waals surface area contributed by atoms with Crippen molar-refractivity contribution in [1.29, 1.82) is 0 Å². The van der Waals surface area contributed by atoms with E-state index in [1.54, 1.807) is 0 Å². The molecule has 0 radical (unpaired) electrons. The molecule has 1 aromatic heterocycles. The predicted octanol–water partition coefficient (Wildman–Crippen LogP) is 3.82. The fraction of sp³-hybridized carbons (Fsp3) is 0.250. The number of aromatic nitrogens is 2. The van der Waals surface area contributed by atoms with Crippen LogP contribution in [0.3, 0.4) is 0 Å². The zero-order valence-corrected chi connectivity index (χ0v) is 13.6. The molecule has 0 unspecified atom stereocenters. The van der Waals surface area contributed by atoms with Gasteiger partial charge in [-0.25, -0.2) is 8.42 Å². The highest BCUT2D eigenvalue weighted by Crippen LogP contribution is 2.40. The SMILES string of the molecule is Cn1nc(-c2c(Cl)cc(C(F)(F)F)cc2Cl)cc1S(C)(=O)=O. The fourth-order valence-corrected chi connectivity index (χ4v) is 3.43. The van der Waals surface area contributed by atoms with Crippen molar-refractivity contribution in [3.05, 3.63) is 33.8 Å². The van der Waals surface area contributed by atoms with Gasteiger partial charge in [-0.2, -0.15) is 18.3 Å². The lowest BCUT2D eigenvalue weighted by atomic mass is 10.1. The maximum Gasteiger partial charge on any atom is 0.416 e. The first-order valence-electron chi connectivity index (χ1n) is 5.72. The molecule has 1 heterocycles. The second-order valence-electron chi connectivity index (χ2n) is 4.58. The molecular formula is C12H9Cl2F3N2O2S. The number of nitrogens with zero attached hydrogens (tertiary/aromatic N) is 2. The molecule has 0 aliphatic carbocycles. The molecule has 0 fully saturated rings. The topological polar surface area (TPSA) is 52.0 Å². The van der Waals surface area contributed by atoms with Crippen LogP contribution in [0.2, 0.25) is 10.0 Å². The number of benzene rings is 1. The van der Waals surface area contributed by atoms with Crippen molar-refractivity contribution < 1.29 is 21.6 Å². The molecule has 2 rings (SSSR count). The summed E-state index contributed by atoms with van der Waals surface area (Å²) in [7, 11) is -2.15. The Morgan fingerprint density at radius 2 is 1.64 bits per heavy atom. The summed E-state index contributed by atoms with van der Waals surface area (Å²) >= 11 is 11.7. The zero-order chi connectivity index (χ0) is 16.9. The third-order valence-corrected chi connectivity index (χ3v) is 4.58. The van der Waals surface area contributed by atoms with Crippen molar-refractivity contribution in [2.24, 2.45) is 7.05 Å². The largest absolute Gasteiger partial charge is 0.416 e. The Morgan fingerprint density at radius 3 is 2.00 bits per heavy atom. The van der Waals surface area contributed by atoms with E-state index in [2.05, 4.69) is 5.10 Å². The molecule has 120 valence electrons. The van der Waals surface area contributed by atoms with Crippen LogP contribution in [-0.2, 0) is 23.1 Å². The van der Waals surface area contributed by atoms with Gasteiger partial charge in [0.1, 0.15) is 0 Å². The van der Waals surface area contributed by atoms with Crippen LogP contribution in [-0.4, -0.2) is 24.5 Å². The standard InChI is InChI=1S/C12H9Cl2F3N2O2S/c1-19-10(22(2,20)21)5-9(18-19)11-7(13)3-6(4-8(11)14)12(15,16)17/h3-5H,1-2H3. The number of hydrogen-bond acceptors (Lipinski definition) is 3. The van der Waals surface area contributed by atoms with Gasteiger partial charge in [0.25, 0.3) is 0 Å². The monoisotopic (exact) mass is 372 g/mol. The molecule has 0 bridgehead atoms. The van der Waals surface area contributed by atoms with Crippen LogP contribution in [0.5, 0.6) is 0 Å². The van der Waals surface area contributed by atoms with Crippen LogP contribution < -0.4 is 0 Å². The average molecular weight is 373 g/mol. The van der Waals surface area contributed by atoms with Gasteiger partial charge >= 0.3 is 6.18 Å². The molecule has 0 amide bonds. The van der Waals surface area contributed by atoms with Crippen molar-refractivity contribution in [2.45, 2.75) is 11.2 Å². The highest BCUT2D eigenvalue weighted by atomic mass is 35.5. The Labute approximate surface area is 134 Å². The number of rotatable bonds is 2. The first-order chi connectivity index (χ1) is 9.91. The zero-order valence-electron chi connectivity index (χ0n) is 11.2. The van der Waals surface area contributed by atoms with Gasteiger partial charge < -0.3 is 0 Å². The number of aryl methyl sites for hydroxylation is 1. The van der Waals surface area contributed by atoms with E-state index < -0.39 is 21.6 Å². The van der Waals surface area contributed by atoms with E-state index >= 15 is 0 Å². The van der Waals surface area contributed by atoms with Crippen LogP contribution in [0.15, 0.2) is 23.2 Å². The molecule has 1 aromatic carbocycles. The van der Waals surface area contributed by atoms with Crippen LogP contribution in [0, 0.1) is 0 Å². The van der Waals surface area contributed by atoms with Crippen molar-refractivity contribution >= 4 is 33.0 Å². The van der Waals surface area contributed by atoms with Gasteiger partial charge in [-0.1, -0.05) is 23.2 Å². The Balaban J connectivity index is 2.65.